The Morgan fingerprint density at radius 2 is 2.24 bits per heavy atom. The number of nitrogens with one attached hydrogen (secondary N) is 1. The fraction of sp³-hybridized carbons (Fsp3) is 0.500. The Morgan fingerprint density at radius 1 is 1.53 bits per heavy atom. The number of pyridine rings is 1. The number of aromatic carboxylic acids is 1. The Labute approximate surface area is 101 Å². The standard InChI is InChI=1S/C12H18N2O3/c1-8(2)5-10(7-15)14-9-3-4-13-11(6-9)12(16)17/h3-4,6,8,10,15H,5,7H2,1-2H3,(H,13,14)(H,16,17). The summed E-state index contributed by atoms with van der Waals surface area (Å²) in [5, 5.41) is 21.1. The Hall–Kier alpha value is -1.62. The zero-order valence-corrected chi connectivity index (χ0v) is 10.1. The number of hydrogen-bond donors (Lipinski definition) is 3. The predicted octanol–water partition coefficient (Wildman–Crippen LogP) is 1.60. The summed E-state index contributed by atoms with van der Waals surface area (Å²) < 4.78 is 0. The molecule has 0 amide bonds. The number of aliphatic hydroxyl groups is 1. The lowest BCUT2D eigenvalue weighted by molar-refractivity contribution is 0.0690. The van der Waals surface area contributed by atoms with Gasteiger partial charge in [-0.3, -0.25) is 0 Å². The normalized spacial score (nSPS) is 12.5. The van der Waals surface area contributed by atoms with E-state index in [4.69, 9.17) is 5.11 Å². The van der Waals surface area contributed by atoms with Crippen molar-refractivity contribution in [1.82, 2.24) is 4.98 Å². The third kappa shape index (κ3) is 4.40. The summed E-state index contributed by atoms with van der Waals surface area (Å²) >= 11 is 0. The van der Waals surface area contributed by atoms with Crippen LogP contribution < -0.4 is 5.32 Å². The van der Waals surface area contributed by atoms with Gasteiger partial charge < -0.3 is 15.5 Å². The molecule has 0 saturated carbocycles. The maximum absolute atomic E-state index is 10.7. The molecule has 0 aromatic carbocycles. The van der Waals surface area contributed by atoms with Crippen LogP contribution in [0, 0.1) is 5.92 Å². The molecule has 0 aliphatic heterocycles. The second-order valence-corrected chi connectivity index (χ2v) is 4.39. The van der Waals surface area contributed by atoms with E-state index in [0.29, 0.717) is 11.6 Å². The van der Waals surface area contributed by atoms with Gasteiger partial charge in [-0.2, -0.15) is 0 Å². The monoisotopic (exact) mass is 238 g/mol. The van der Waals surface area contributed by atoms with Crippen LogP contribution >= 0.6 is 0 Å². The van der Waals surface area contributed by atoms with Crippen LogP contribution in [0.3, 0.4) is 0 Å². The third-order valence-electron chi connectivity index (χ3n) is 2.33. The first kappa shape index (κ1) is 13.4. The van der Waals surface area contributed by atoms with Gasteiger partial charge in [0.15, 0.2) is 0 Å². The van der Waals surface area contributed by atoms with Crippen molar-refractivity contribution in [3.05, 3.63) is 24.0 Å². The molecule has 3 N–H and O–H groups in total. The van der Waals surface area contributed by atoms with E-state index in [2.05, 4.69) is 24.1 Å². The SMILES string of the molecule is CC(C)CC(CO)Nc1ccnc(C(=O)O)c1. The van der Waals surface area contributed by atoms with Gasteiger partial charge in [-0.15, -0.1) is 0 Å². The molecule has 0 saturated heterocycles. The lowest BCUT2D eigenvalue weighted by atomic mass is 10.0. The van der Waals surface area contributed by atoms with Gasteiger partial charge in [0.25, 0.3) is 0 Å². The minimum absolute atomic E-state index is 0.00348. The predicted molar refractivity (Wildman–Crippen MR) is 65.1 cm³/mol. The number of aromatic nitrogens is 1. The summed E-state index contributed by atoms with van der Waals surface area (Å²) in [6, 6.07) is 3.08. The summed E-state index contributed by atoms with van der Waals surface area (Å²) in [5.41, 5.74) is 0.660. The maximum Gasteiger partial charge on any atom is 0.354 e. The third-order valence-corrected chi connectivity index (χ3v) is 2.33. The molecule has 5 heteroatoms. The number of rotatable bonds is 6. The first-order chi connectivity index (χ1) is 8.02. The molecule has 0 aliphatic carbocycles. The lowest BCUT2D eigenvalue weighted by Gasteiger charge is -2.19. The van der Waals surface area contributed by atoms with Crippen LogP contribution in [0.15, 0.2) is 18.3 Å². The molecule has 17 heavy (non-hydrogen) atoms. The Kier molecular flexibility index (Phi) is 4.90. The van der Waals surface area contributed by atoms with E-state index in [1.165, 1.54) is 12.3 Å². The molecule has 1 aromatic heterocycles. The van der Waals surface area contributed by atoms with Crippen molar-refractivity contribution in [1.29, 1.82) is 0 Å². The number of aliphatic hydroxyl groups excluding tert-OH is 1. The van der Waals surface area contributed by atoms with Crippen LogP contribution in [-0.2, 0) is 0 Å². The highest BCUT2D eigenvalue weighted by Crippen LogP contribution is 2.13. The summed E-state index contributed by atoms with van der Waals surface area (Å²) in [4.78, 5) is 14.5. The number of anilines is 1. The van der Waals surface area contributed by atoms with Crippen LogP contribution in [0.5, 0.6) is 0 Å². The largest absolute Gasteiger partial charge is 0.477 e. The quantitative estimate of drug-likeness (QED) is 0.701. The van der Waals surface area contributed by atoms with Gasteiger partial charge in [0.1, 0.15) is 5.69 Å². The first-order valence-corrected chi connectivity index (χ1v) is 5.59. The van der Waals surface area contributed by atoms with Crippen LogP contribution in [-0.4, -0.2) is 33.8 Å². The highest BCUT2D eigenvalue weighted by Gasteiger charge is 2.11. The molecule has 5 nitrogen and oxygen atoms in total. The fourth-order valence-electron chi connectivity index (χ4n) is 1.62. The van der Waals surface area contributed by atoms with Gasteiger partial charge in [0.05, 0.1) is 6.61 Å². The average molecular weight is 238 g/mol. The molecular formula is C12H18N2O3. The van der Waals surface area contributed by atoms with Crippen molar-refractivity contribution < 1.29 is 15.0 Å². The second-order valence-electron chi connectivity index (χ2n) is 4.39. The van der Waals surface area contributed by atoms with Crippen molar-refractivity contribution >= 4 is 11.7 Å². The molecular weight excluding hydrogens is 220 g/mol. The van der Waals surface area contributed by atoms with Crippen molar-refractivity contribution in [2.45, 2.75) is 26.3 Å². The zero-order chi connectivity index (χ0) is 12.8. The van der Waals surface area contributed by atoms with E-state index in [1.54, 1.807) is 6.07 Å². The number of carboxylic acid groups (broad SMARTS) is 1. The molecule has 0 bridgehead atoms. The molecule has 1 rings (SSSR count). The fourth-order valence-corrected chi connectivity index (χ4v) is 1.62. The van der Waals surface area contributed by atoms with E-state index >= 15 is 0 Å². The van der Waals surface area contributed by atoms with E-state index < -0.39 is 5.97 Å². The molecule has 1 aromatic rings. The molecule has 0 spiro atoms. The van der Waals surface area contributed by atoms with Gasteiger partial charge in [-0.05, 0) is 24.5 Å². The number of nitrogens with zero attached hydrogens (tertiary/aromatic N) is 1. The van der Waals surface area contributed by atoms with Crippen LogP contribution in [0.1, 0.15) is 30.8 Å². The van der Waals surface area contributed by atoms with Crippen molar-refractivity contribution in [3.63, 3.8) is 0 Å². The van der Waals surface area contributed by atoms with Crippen LogP contribution in [0.25, 0.3) is 0 Å². The Bertz CT molecular complexity index is 380. The van der Waals surface area contributed by atoms with Gasteiger partial charge >= 0.3 is 5.97 Å². The van der Waals surface area contributed by atoms with E-state index in [1.807, 2.05) is 0 Å². The summed E-state index contributed by atoms with van der Waals surface area (Å²) in [5.74, 6) is -0.599. The van der Waals surface area contributed by atoms with E-state index in [0.717, 1.165) is 6.42 Å². The van der Waals surface area contributed by atoms with E-state index in [9.17, 15) is 9.90 Å². The molecule has 0 aliphatic rings. The smallest absolute Gasteiger partial charge is 0.354 e. The zero-order valence-electron chi connectivity index (χ0n) is 10.1. The molecule has 0 fully saturated rings. The van der Waals surface area contributed by atoms with Gasteiger partial charge in [-0.25, -0.2) is 9.78 Å². The van der Waals surface area contributed by atoms with Gasteiger partial charge in [-0.1, -0.05) is 13.8 Å². The number of carboxylic acids is 1. The highest BCUT2D eigenvalue weighted by atomic mass is 16.4. The number of carbonyl (C=O) groups is 1. The Balaban J connectivity index is 2.72. The highest BCUT2D eigenvalue weighted by molar-refractivity contribution is 5.86. The van der Waals surface area contributed by atoms with Crippen LogP contribution in [0.2, 0.25) is 0 Å². The molecule has 1 atom stereocenters. The molecule has 1 unspecified atom stereocenters. The average Bonchev–Trinajstić information content (AvgIpc) is 2.28. The van der Waals surface area contributed by atoms with Crippen LogP contribution in [0.4, 0.5) is 5.69 Å². The van der Waals surface area contributed by atoms with Gasteiger partial charge in [0.2, 0.25) is 0 Å². The minimum atomic E-state index is -1.06. The minimum Gasteiger partial charge on any atom is -0.477 e. The van der Waals surface area contributed by atoms with Crippen molar-refractivity contribution in [2.24, 2.45) is 5.92 Å². The summed E-state index contributed by atoms with van der Waals surface area (Å²) in [6.07, 6.45) is 2.26. The maximum atomic E-state index is 10.7. The topological polar surface area (TPSA) is 82.5 Å². The summed E-state index contributed by atoms with van der Waals surface area (Å²) in [7, 11) is 0. The molecule has 94 valence electrons. The summed E-state index contributed by atoms with van der Waals surface area (Å²) in [6.45, 7) is 4.15. The number of hydrogen-bond acceptors (Lipinski definition) is 4. The van der Waals surface area contributed by atoms with E-state index in [-0.39, 0.29) is 18.3 Å². The lowest BCUT2D eigenvalue weighted by Crippen LogP contribution is -2.25. The van der Waals surface area contributed by atoms with Crippen molar-refractivity contribution in [2.75, 3.05) is 11.9 Å². The second kappa shape index (κ2) is 6.20. The molecule has 1 heterocycles. The Morgan fingerprint density at radius 3 is 2.76 bits per heavy atom. The van der Waals surface area contributed by atoms with Crippen molar-refractivity contribution in [3.8, 4) is 0 Å². The first-order valence-electron chi connectivity index (χ1n) is 5.59. The van der Waals surface area contributed by atoms with Gasteiger partial charge in [0, 0.05) is 17.9 Å². The molecule has 0 radical (unpaired) electrons.